The molecular weight excluding hydrogens is 327 g/mol. The third kappa shape index (κ3) is 8.84. The summed E-state index contributed by atoms with van der Waals surface area (Å²) in [7, 11) is 0. The van der Waals surface area contributed by atoms with E-state index in [2.05, 4.69) is 0 Å². The third-order valence-electron chi connectivity index (χ3n) is 0. The van der Waals surface area contributed by atoms with Gasteiger partial charge in [0, 0.05) is 75.3 Å². The van der Waals surface area contributed by atoms with Crippen LogP contribution in [0.5, 0.6) is 0 Å². The Morgan fingerprint density at radius 1 is 0.750 bits per heavy atom. The van der Waals surface area contributed by atoms with Crippen molar-refractivity contribution < 1.29 is 44.8 Å². The van der Waals surface area contributed by atoms with Crippen LogP contribution in [0.15, 0.2) is 0 Å². The first-order valence-corrected chi connectivity index (χ1v) is 0. The van der Waals surface area contributed by atoms with Gasteiger partial charge in [0.2, 0.25) is 0 Å². The van der Waals surface area contributed by atoms with Gasteiger partial charge in [0.25, 0.3) is 0 Å². The molecule has 0 aliphatic carbocycles. The van der Waals surface area contributed by atoms with Gasteiger partial charge in [-0.2, -0.15) is 0 Å². The maximum atomic E-state index is 0. The summed E-state index contributed by atoms with van der Waals surface area (Å²) in [5.41, 5.74) is 0. The second-order valence-corrected chi connectivity index (χ2v) is 0. The smallest absolute Gasteiger partial charge is 0 e. The van der Waals surface area contributed by atoms with Gasteiger partial charge in [0.05, 0.1) is 0 Å². The van der Waals surface area contributed by atoms with Crippen molar-refractivity contribution in [2.45, 2.75) is 0 Å². The molecule has 0 saturated carbocycles. The van der Waals surface area contributed by atoms with E-state index in [0.29, 0.717) is 0 Å². The van der Waals surface area contributed by atoms with E-state index in [1.54, 1.807) is 0 Å². The summed E-state index contributed by atoms with van der Waals surface area (Å²) in [6.07, 6.45) is 0. The average molecular weight is 327 g/mol. The topological polar surface area (TPSA) is 0 Å². The second kappa shape index (κ2) is 18.3. The van der Waals surface area contributed by atoms with Crippen LogP contribution in [-0.4, -0.2) is 17.1 Å². The Balaban J connectivity index is 0. The quantitative estimate of drug-likeness (QED) is 0.560. The van der Waals surface area contributed by atoms with Gasteiger partial charge in [-0.15, -0.1) is 0 Å². The minimum absolute atomic E-state index is 0. The van der Waals surface area contributed by atoms with Gasteiger partial charge in [0.1, 0.15) is 0 Å². The van der Waals surface area contributed by atoms with Gasteiger partial charge in [-0.3, -0.25) is 0 Å². The van der Waals surface area contributed by atoms with Gasteiger partial charge >= 0.3 is 0 Å². The van der Waals surface area contributed by atoms with E-state index in [0.717, 1.165) is 0 Å². The molecule has 0 saturated heterocycles. The zero-order valence-corrected chi connectivity index (χ0v) is 6.91. The van der Waals surface area contributed by atoms with Gasteiger partial charge in [-0.05, 0) is 0 Å². The maximum absolute atomic E-state index is 0. The fourth-order valence-corrected chi connectivity index (χ4v) is 0. The van der Waals surface area contributed by atoms with E-state index in [1.165, 1.54) is 0 Å². The summed E-state index contributed by atoms with van der Waals surface area (Å²) in [6.45, 7) is 0. The van der Waals surface area contributed by atoms with Crippen LogP contribution in [0.2, 0.25) is 0 Å². The van der Waals surface area contributed by atoms with Gasteiger partial charge in [0.15, 0.2) is 0 Å². The Kier molecular flexibility index (Phi) is 151. The summed E-state index contributed by atoms with van der Waals surface area (Å²) in [6, 6.07) is 0. The van der Waals surface area contributed by atoms with Crippen molar-refractivity contribution in [3.05, 3.63) is 0 Å². The molecule has 0 rings (SSSR count). The molecule has 0 spiro atoms. The third-order valence-corrected chi connectivity index (χ3v) is 0. The van der Waals surface area contributed by atoms with Crippen molar-refractivity contribution in [2.75, 3.05) is 0 Å². The summed E-state index contributed by atoms with van der Waals surface area (Å²) < 4.78 is 0. The van der Waals surface area contributed by atoms with E-state index < -0.39 is 0 Å². The number of hydrogen-bond donors (Lipinski definition) is 0. The molecule has 0 amide bonds. The first-order chi connectivity index (χ1) is 0. The monoisotopic (exact) mass is 326 g/mol. The molecule has 6 radical (unpaired) electrons. The summed E-state index contributed by atoms with van der Waals surface area (Å²) in [5.74, 6) is 0. The van der Waals surface area contributed by atoms with E-state index in [1.807, 2.05) is 0 Å². The van der Waals surface area contributed by atoms with Crippen molar-refractivity contribution in [2.24, 2.45) is 0 Å². The first-order valence-electron chi connectivity index (χ1n) is 0. The summed E-state index contributed by atoms with van der Waals surface area (Å²) in [5, 5.41) is 0. The first kappa shape index (κ1) is 32.9. The Bertz CT molecular complexity index is 6.00. The predicted octanol–water partition coefficient (Wildman–Crippen LogP) is 0.262. The van der Waals surface area contributed by atoms with Crippen LogP contribution in [0.3, 0.4) is 0 Å². The van der Waals surface area contributed by atoms with Crippen LogP contribution in [0.25, 0.3) is 0 Å². The van der Waals surface area contributed by atoms with Crippen molar-refractivity contribution in [1.29, 1.82) is 0 Å². The molecule has 0 bridgehead atoms. The fourth-order valence-electron chi connectivity index (χ4n) is 0. The molecule has 4 heavy (non-hydrogen) atoms. The summed E-state index contributed by atoms with van der Waals surface area (Å²) in [4.78, 5) is 0. The van der Waals surface area contributed by atoms with Crippen LogP contribution >= 0.6 is 13.5 Å². The normalized spacial score (nSPS) is 0. The van der Waals surface area contributed by atoms with Crippen molar-refractivity contribution in [3.8, 4) is 0 Å². The number of hydrogen-bond acceptors (Lipinski definition) is 0. The van der Waals surface area contributed by atoms with E-state index in [4.69, 9.17) is 0 Å². The number of rotatable bonds is 0. The molecule has 0 aliphatic heterocycles. The Morgan fingerprint density at radius 2 is 0.750 bits per heavy atom. The molecule has 0 unspecified atom stereocenters. The average Bonchev–Trinajstić information content (AvgIpc) is 0. The van der Waals surface area contributed by atoms with Crippen LogP contribution in [0.4, 0.5) is 0 Å². The van der Waals surface area contributed by atoms with Crippen LogP contribution in [0, 0.1) is 0 Å². The standard InChI is InChI=1S/2Ag.S.Se. The van der Waals surface area contributed by atoms with E-state index in [9.17, 15) is 0 Å². The fraction of sp³-hybridized carbons (Fsp3) is 0. The van der Waals surface area contributed by atoms with Crippen LogP contribution in [0.1, 0.15) is 0 Å². The molecule has 0 heterocycles. The second-order valence-electron chi connectivity index (χ2n) is 0. The SMILES string of the molecule is [Ag].[Ag].[S].[Se]. The Morgan fingerprint density at radius 3 is 0.750 bits per heavy atom. The molecule has 0 nitrogen and oxygen atoms in total. The molecule has 0 aromatic rings. The molecular formula is Ag2SSe. The molecule has 0 aromatic heterocycles. The minimum atomic E-state index is 0. The van der Waals surface area contributed by atoms with Crippen LogP contribution in [-0.2, 0) is 44.8 Å². The molecule has 0 aromatic carbocycles. The molecule has 34 valence electrons. The van der Waals surface area contributed by atoms with Gasteiger partial charge in [-0.25, -0.2) is 0 Å². The molecule has 0 aliphatic rings. The molecule has 0 atom stereocenters. The Labute approximate surface area is 74.4 Å². The van der Waals surface area contributed by atoms with Crippen molar-refractivity contribution >= 4 is 30.6 Å². The zero-order chi connectivity index (χ0) is 0. The zero-order valence-electron chi connectivity index (χ0n) is 1.42. The van der Waals surface area contributed by atoms with E-state index >= 15 is 0 Å². The van der Waals surface area contributed by atoms with E-state index in [-0.39, 0.29) is 75.3 Å². The van der Waals surface area contributed by atoms with Gasteiger partial charge in [-0.1, -0.05) is 0 Å². The molecule has 0 N–H and O–H groups in total. The largest absolute Gasteiger partial charge is 0 e. The van der Waals surface area contributed by atoms with Crippen molar-refractivity contribution in [1.82, 2.24) is 0 Å². The minimum Gasteiger partial charge on any atom is 0 e. The van der Waals surface area contributed by atoms with Gasteiger partial charge < -0.3 is 0 Å². The molecule has 0 fully saturated rings. The Hall–Kier alpha value is 2.35. The van der Waals surface area contributed by atoms with Crippen LogP contribution < -0.4 is 0 Å². The van der Waals surface area contributed by atoms with Crippen molar-refractivity contribution in [3.63, 3.8) is 0 Å². The molecule has 4 heteroatoms. The predicted molar refractivity (Wildman–Crippen MR) is 13.3 cm³/mol. The maximum Gasteiger partial charge on any atom is 0 e. The summed E-state index contributed by atoms with van der Waals surface area (Å²) >= 11 is 0.